The van der Waals surface area contributed by atoms with Crippen LogP contribution in [0.15, 0.2) is 84.9 Å². The van der Waals surface area contributed by atoms with Gasteiger partial charge >= 0.3 is 0 Å². The Morgan fingerprint density at radius 3 is 2.19 bits per heavy atom. The summed E-state index contributed by atoms with van der Waals surface area (Å²) >= 11 is 5.53. The predicted molar refractivity (Wildman–Crippen MR) is 132 cm³/mol. The number of amides is 1. The Labute approximate surface area is 194 Å². The van der Waals surface area contributed by atoms with E-state index in [-0.39, 0.29) is 5.91 Å². The highest BCUT2D eigenvalue weighted by Crippen LogP contribution is 2.19. The normalized spacial score (nSPS) is 13.5. The molecule has 0 unspecified atom stereocenters. The molecule has 1 amide bonds. The molecule has 3 aromatic carbocycles. The van der Waals surface area contributed by atoms with Crippen LogP contribution in [0.3, 0.4) is 0 Å². The fraction of sp³-hybridized carbons (Fsp3) is 0.231. The Kier molecular flexibility index (Phi) is 7.35. The van der Waals surface area contributed by atoms with Crippen LogP contribution < -0.4 is 15.0 Å². The highest BCUT2D eigenvalue weighted by Gasteiger charge is 2.21. The van der Waals surface area contributed by atoms with Crippen LogP contribution in [-0.4, -0.2) is 48.7 Å². The second-order valence-electron chi connectivity index (χ2n) is 7.65. The molecule has 1 aliphatic rings. The number of carbonyl (C=O) groups is 1. The number of hydrogen-bond acceptors (Lipinski definition) is 4. The molecule has 1 aliphatic heterocycles. The van der Waals surface area contributed by atoms with Crippen LogP contribution in [0.2, 0.25) is 0 Å². The quantitative estimate of drug-likeness (QED) is 0.578. The fourth-order valence-electron chi connectivity index (χ4n) is 3.75. The van der Waals surface area contributed by atoms with Crippen molar-refractivity contribution < 1.29 is 9.53 Å². The third kappa shape index (κ3) is 5.65. The third-order valence-electron chi connectivity index (χ3n) is 5.53. The second-order valence-corrected chi connectivity index (χ2v) is 8.04. The van der Waals surface area contributed by atoms with Crippen LogP contribution in [0.5, 0.6) is 5.75 Å². The minimum atomic E-state index is -0.240. The first kappa shape index (κ1) is 21.8. The van der Waals surface area contributed by atoms with Gasteiger partial charge in [-0.05, 0) is 42.0 Å². The molecular formula is C26H27N3O2S. The average Bonchev–Trinajstić information content (AvgIpc) is 2.85. The van der Waals surface area contributed by atoms with Crippen molar-refractivity contribution in [2.24, 2.45) is 0 Å². The number of rotatable bonds is 6. The average molecular weight is 446 g/mol. The van der Waals surface area contributed by atoms with Crippen molar-refractivity contribution in [3.63, 3.8) is 0 Å². The van der Waals surface area contributed by atoms with E-state index in [0.717, 1.165) is 32.6 Å². The van der Waals surface area contributed by atoms with Crippen LogP contribution in [0, 0.1) is 0 Å². The molecule has 1 saturated heterocycles. The second kappa shape index (κ2) is 10.8. The van der Waals surface area contributed by atoms with Crippen molar-refractivity contribution in [3.05, 3.63) is 96.1 Å². The van der Waals surface area contributed by atoms with Gasteiger partial charge in [-0.15, -0.1) is 0 Å². The SMILES string of the molecule is O=C(NC(=S)N1CCN(c2ccccc2)CC1)c1ccccc1OCCc1ccccc1. The Bertz CT molecular complexity index is 1040. The molecule has 5 nitrogen and oxygen atoms in total. The number of nitrogens with one attached hydrogen (secondary N) is 1. The Hall–Kier alpha value is -3.38. The summed E-state index contributed by atoms with van der Waals surface area (Å²) in [5.41, 5.74) is 2.90. The van der Waals surface area contributed by atoms with Gasteiger partial charge in [0.15, 0.2) is 5.11 Å². The Morgan fingerprint density at radius 1 is 0.844 bits per heavy atom. The van der Waals surface area contributed by atoms with Gasteiger partial charge in [-0.25, -0.2) is 0 Å². The highest BCUT2D eigenvalue weighted by molar-refractivity contribution is 7.80. The maximum atomic E-state index is 12.9. The number of hydrogen-bond donors (Lipinski definition) is 1. The lowest BCUT2D eigenvalue weighted by Crippen LogP contribution is -2.52. The number of nitrogens with zero attached hydrogens (tertiary/aromatic N) is 2. The summed E-state index contributed by atoms with van der Waals surface area (Å²) in [4.78, 5) is 17.3. The van der Waals surface area contributed by atoms with Gasteiger partial charge in [-0.2, -0.15) is 0 Å². The van der Waals surface area contributed by atoms with Gasteiger partial charge in [0, 0.05) is 38.3 Å². The maximum Gasteiger partial charge on any atom is 0.261 e. The summed E-state index contributed by atoms with van der Waals surface area (Å²) in [6.07, 6.45) is 0.779. The molecule has 1 heterocycles. The minimum Gasteiger partial charge on any atom is -0.492 e. The summed E-state index contributed by atoms with van der Waals surface area (Å²) in [5.74, 6) is 0.327. The first-order valence-corrected chi connectivity index (χ1v) is 11.3. The highest BCUT2D eigenvalue weighted by atomic mass is 32.1. The van der Waals surface area contributed by atoms with E-state index >= 15 is 0 Å². The zero-order valence-corrected chi connectivity index (χ0v) is 18.8. The number of piperazine rings is 1. The first-order chi connectivity index (χ1) is 15.7. The minimum absolute atomic E-state index is 0.240. The molecule has 0 spiro atoms. The largest absolute Gasteiger partial charge is 0.492 e. The Balaban J connectivity index is 1.30. The molecule has 1 N–H and O–H groups in total. The summed E-state index contributed by atoms with van der Waals surface area (Å²) in [7, 11) is 0. The summed E-state index contributed by atoms with van der Waals surface area (Å²) in [5, 5.41) is 3.35. The molecule has 0 atom stereocenters. The van der Waals surface area contributed by atoms with E-state index in [4.69, 9.17) is 17.0 Å². The topological polar surface area (TPSA) is 44.8 Å². The fourth-order valence-corrected chi connectivity index (χ4v) is 4.03. The molecule has 164 valence electrons. The summed E-state index contributed by atoms with van der Waals surface area (Å²) in [6, 6.07) is 27.8. The van der Waals surface area contributed by atoms with Gasteiger partial charge in [0.25, 0.3) is 5.91 Å². The lowest BCUT2D eigenvalue weighted by molar-refractivity contribution is 0.0969. The van der Waals surface area contributed by atoms with Crippen LogP contribution in [0.4, 0.5) is 5.69 Å². The zero-order chi connectivity index (χ0) is 22.2. The monoisotopic (exact) mass is 445 g/mol. The van der Waals surface area contributed by atoms with Crippen LogP contribution in [0.25, 0.3) is 0 Å². The van der Waals surface area contributed by atoms with E-state index in [0.29, 0.717) is 23.0 Å². The molecule has 4 rings (SSSR count). The van der Waals surface area contributed by atoms with E-state index in [9.17, 15) is 4.79 Å². The smallest absolute Gasteiger partial charge is 0.261 e. The standard InChI is InChI=1S/C26H27N3O2S/c30-25(23-13-7-8-14-24(23)31-20-15-21-9-3-1-4-10-21)27-26(32)29-18-16-28(17-19-29)22-11-5-2-6-12-22/h1-14H,15-20H2,(H,27,30,32). The van der Waals surface area contributed by atoms with E-state index in [1.54, 1.807) is 6.07 Å². The van der Waals surface area contributed by atoms with Gasteiger partial charge < -0.3 is 14.5 Å². The maximum absolute atomic E-state index is 12.9. The predicted octanol–water partition coefficient (Wildman–Crippen LogP) is 4.15. The number of para-hydroxylation sites is 2. The van der Waals surface area contributed by atoms with Gasteiger partial charge in [0.2, 0.25) is 0 Å². The molecule has 0 aromatic heterocycles. The van der Waals surface area contributed by atoms with Crippen molar-refractivity contribution in [3.8, 4) is 5.75 Å². The van der Waals surface area contributed by atoms with Crippen molar-refractivity contribution in [1.82, 2.24) is 10.2 Å². The number of ether oxygens (including phenoxy) is 1. The van der Waals surface area contributed by atoms with Crippen molar-refractivity contribution in [2.45, 2.75) is 6.42 Å². The molecule has 3 aromatic rings. The first-order valence-electron chi connectivity index (χ1n) is 10.9. The van der Waals surface area contributed by atoms with Gasteiger partial charge in [0.1, 0.15) is 5.75 Å². The molecule has 0 saturated carbocycles. The molecule has 0 radical (unpaired) electrons. The van der Waals surface area contributed by atoms with E-state index in [2.05, 4.69) is 34.5 Å². The van der Waals surface area contributed by atoms with Crippen molar-refractivity contribution in [2.75, 3.05) is 37.7 Å². The lowest BCUT2D eigenvalue weighted by Gasteiger charge is -2.37. The van der Waals surface area contributed by atoms with Gasteiger partial charge in [0.05, 0.1) is 12.2 Å². The number of anilines is 1. The van der Waals surface area contributed by atoms with Gasteiger partial charge in [-0.1, -0.05) is 60.7 Å². The molecule has 6 heteroatoms. The number of carbonyl (C=O) groups excluding carboxylic acids is 1. The molecule has 1 fully saturated rings. The number of benzene rings is 3. The lowest BCUT2D eigenvalue weighted by atomic mass is 10.1. The third-order valence-corrected chi connectivity index (χ3v) is 5.89. The van der Waals surface area contributed by atoms with Crippen molar-refractivity contribution >= 4 is 28.9 Å². The molecule has 0 bridgehead atoms. The summed E-state index contributed by atoms with van der Waals surface area (Å²) in [6.45, 7) is 3.76. The summed E-state index contributed by atoms with van der Waals surface area (Å²) < 4.78 is 5.93. The van der Waals surface area contributed by atoms with Gasteiger partial charge in [-0.3, -0.25) is 10.1 Å². The van der Waals surface area contributed by atoms with Crippen LogP contribution in [0.1, 0.15) is 15.9 Å². The van der Waals surface area contributed by atoms with E-state index in [1.165, 1.54) is 11.3 Å². The zero-order valence-electron chi connectivity index (χ0n) is 17.9. The Morgan fingerprint density at radius 2 is 1.47 bits per heavy atom. The van der Waals surface area contributed by atoms with Crippen LogP contribution in [-0.2, 0) is 6.42 Å². The van der Waals surface area contributed by atoms with E-state index in [1.807, 2.05) is 59.5 Å². The molecule has 32 heavy (non-hydrogen) atoms. The van der Waals surface area contributed by atoms with Crippen LogP contribution >= 0.6 is 12.2 Å². The number of thiocarbonyl (C=S) groups is 1. The van der Waals surface area contributed by atoms with E-state index < -0.39 is 0 Å². The van der Waals surface area contributed by atoms with Crippen molar-refractivity contribution in [1.29, 1.82) is 0 Å². The molecule has 0 aliphatic carbocycles. The molecular weight excluding hydrogens is 418 g/mol.